The van der Waals surface area contributed by atoms with E-state index >= 15 is 0 Å². The average Bonchev–Trinajstić information content (AvgIpc) is 2.56. The number of likely N-dealkylation sites (tertiary alicyclic amines) is 1. The van der Waals surface area contributed by atoms with Gasteiger partial charge in [0.15, 0.2) is 0 Å². The Labute approximate surface area is 145 Å². The van der Waals surface area contributed by atoms with Crippen LogP contribution in [0.25, 0.3) is 0 Å². The monoisotopic (exact) mass is 350 g/mol. The number of nitro groups is 1. The zero-order valence-corrected chi connectivity index (χ0v) is 14.1. The summed E-state index contributed by atoms with van der Waals surface area (Å²) in [5.41, 5.74) is 5.52. The number of amides is 2. The van der Waals surface area contributed by atoms with E-state index in [2.05, 4.69) is 5.32 Å². The number of nitrogens with zero attached hydrogens (tertiary/aromatic N) is 2. The number of nitrogens with one attached hydrogen (secondary N) is 1. The number of hydrogen-bond donors (Lipinski definition) is 2. The maximum atomic E-state index is 12.3. The van der Waals surface area contributed by atoms with Crippen LogP contribution in [0.5, 0.6) is 5.75 Å². The van der Waals surface area contributed by atoms with Gasteiger partial charge in [-0.25, -0.2) is 0 Å². The number of carbonyl (C=O) groups excluding carboxylic acids is 2. The van der Waals surface area contributed by atoms with Crippen molar-refractivity contribution in [2.45, 2.75) is 31.7 Å². The van der Waals surface area contributed by atoms with Gasteiger partial charge in [-0.3, -0.25) is 24.6 Å². The molecule has 3 N–H and O–H groups in total. The number of anilines is 1. The minimum absolute atomic E-state index is 0.0317. The summed E-state index contributed by atoms with van der Waals surface area (Å²) in [6, 6.07) is 3.96. The number of rotatable bonds is 7. The number of primary amides is 1. The number of piperidine rings is 1. The molecule has 1 aromatic rings. The molecule has 2 rings (SSSR count). The highest BCUT2D eigenvalue weighted by Crippen LogP contribution is 2.29. The Hall–Kier alpha value is -2.68. The predicted molar refractivity (Wildman–Crippen MR) is 91.3 cm³/mol. The van der Waals surface area contributed by atoms with Crippen molar-refractivity contribution in [3.63, 3.8) is 0 Å². The van der Waals surface area contributed by atoms with Crippen molar-refractivity contribution in [3.8, 4) is 5.75 Å². The molecule has 25 heavy (non-hydrogen) atoms. The lowest BCUT2D eigenvalue weighted by Gasteiger charge is -2.34. The molecule has 2 amide bonds. The number of carbonyl (C=O) groups is 2. The third-order valence-electron chi connectivity index (χ3n) is 4.20. The largest absolute Gasteiger partial charge is 0.494 e. The predicted octanol–water partition coefficient (Wildman–Crippen LogP) is 1.27. The van der Waals surface area contributed by atoms with Gasteiger partial charge in [-0.1, -0.05) is 6.42 Å². The SMILES string of the molecule is COc1cc([N+](=O)[O-])ccc1NC(=O)CN1CCCCC1CC(N)=O. The molecule has 0 saturated carbocycles. The van der Waals surface area contributed by atoms with Crippen molar-refractivity contribution < 1.29 is 19.2 Å². The molecule has 0 aromatic heterocycles. The molecule has 1 aromatic carbocycles. The van der Waals surface area contributed by atoms with Crippen molar-refractivity contribution in [2.24, 2.45) is 5.73 Å². The lowest BCUT2D eigenvalue weighted by molar-refractivity contribution is -0.384. The van der Waals surface area contributed by atoms with Crippen LogP contribution in [0.2, 0.25) is 0 Å². The minimum atomic E-state index is -0.531. The Morgan fingerprint density at radius 3 is 2.84 bits per heavy atom. The first-order valence-electron chi connectivity index (χ1n) is 8.05. The van der Waals surface area contributed by atoms with E-state index in [4.69, 9.17) is 10.5 Å². The highest BCUT2D eigenvalue weighted by molar-refractivity contribution is 5.94. The summed E-state index contributed by atoms with van der Waals surface area (Å²) in [5.74, 6) is -0.437. The fourth-order valence-corrected chi connectivity index (χ4v) is 3.00. The molecule has 0 radical (unpaired) electrons. The van der Waals surface area contributed by atoms with Crippen molar-refractivity contribution in [3.05, 3.63) is 28.3 Å². The average molecular weight is 350 g/mol. The summed E-state index contributed by atoms with van der Waals surface area (Å²) in [6.07, 6.45) is 3.03. The molecule has 1 unspecified atom stereocenters. The van der Waals surface area contributed by atoms with Gasteiger partial charge in [0.1, 0.15) is 5.75 Å². The number of benzene rings is 1. The quantitative estimate of drug-likeness (QED) is 0.563. The molecule has 1 aliphatic heterocycles. The van der Waals surface area contributed by atoms with Crippen molar-refractivity contribution in [2.75, 3.05) is 25.5 Å². The van der Waals surface area contributed by atoms with Gasteiger partial charge in [0.05, 0.1) is 30.3 Å². The van der Waals surface area contributed by atoms with E-state index in [0.717, 1.165) is 25.8 Å². The standard InChI is InChI=1S/C16H22N4O5/c1-25-14-8-12(20(23)24)5-6-13(14)18-16(22)10-19-7-3-2-4-11(19)9-15(17)21/h5-6,8,11H,2-4,7,9-10H2,1H3,(H2,17,21)(H,18,22). The number of non-ortho nitro benzene ring substituents is 1. The minimum Gasteiger partial charge on any atom is -0.494 e. The van der Waals surface area contributed by atoms with E-state index in [-0.39, 0.29) is 42.3 Å². The first-order valence-corrected chi connectivity index (χ1v) is 8.05. The van der Waals surface area contributed by atoms with Crippen molar-refractivity contribution >= 4 is 23.2 Å². The second kappa shape index (κ2) is 8.43. The molecule has 0 aliphatic carbocycles. The van der Waals surface area contributed by atoms with E-state index in [9.17, 15) is 19.7 Å². The summed E-state index contributed by atoms with van der Waals surface area (Å²) in [7, 11) is 1.38. The smallest absolute Gasteiger partial charge is 0.273 e. The molecule has 9 heteroatoms. The van der Waals surface area contributed by atoms with Crippen molar-refractivity contribution in [1.29, 1.82) is 0 Å². The molecule has 0 spiro atoms. The van der Waals surface area contributed by atoms with E-state index in [1.165, 1.54) is 25.3 Å². The molecule has 1 fully saturated rings. The van der Waals surface area contributed by atoms with E-state index < -0.39 is 4.92 Å². The summed E-state index contributed by atoms with van der Waals surface area (Å²) in [6.45, 7) is 0.848. The van der Waals surface area contributed by atoms with Crippen LogP contribution in [0.3, 0.4) is 0 Å². The molecular weight excluding hydrogens is 328 g/mol. The van der Waals surface area contributed by atoms with Crippen LogP contribution >= 0.6 is 0 Å². The number of ether oxygens (including phenoxy) is 1. The zero-order valence-electron chi connectivity index (χ0n) is 14.1. The van der Waals surface area contributed by atoms with Gasteiger partial charge in [0.25, 0.3) is 5.69 Å². The molecular formula is C16H22N4O5. The number of hydrogen-bond acceptors (Lipinski definition) is 6. The third kappa shape index (κ3) is 5.15. The van der Waals surface area contributed by atoms with E-state index in [0.29, 0.717) is 5.69 Å². The molecule has 136 valence electrons. The van der Waals surface area contributed by atoms with Gasteiger partial charge in [-0.15, -0.1) is 0 Å². The highest BCUT2D eigenvalue weighted by atomic mass is 16.6. The summed E-state index contributed by atoms with van der Waals surface area (Å²) in [5, 5.41) is 13.5. The van der Waals surface area contributed by atoms with Crippen molar-refractivity contribution in [1.82, 2.24) is 4.90 Å². The third-order valence-corrected chi connectivity index (χ3v) is 4.20. The first-order chi connectivity index (χ1) is 11.9. The van der Waals surface area contributed by atoms with Crippen LogP contribution in [-0.4, -0.2) is 47.9 Å². The summed E-state index contributed by atoms with van der Waals surface area (Å²) < 4.78 is 5.11. The number of nitro benzene ring substituents is 1. The van der Waals surface area contributed by atoms with Gasteiger partial charge < -0.3 is 15.8 Å². The molecule has 1 heterocycles. The lowest BCUT2D eigenvalue weighted by atomic mass is 9.99. The topological polar surface area (TPSA) is 128 Å². The van der Waals surface area contributed by atoms with Gasteiger partial charge in [0, 0.05) is 18.5 Å². The normalized spacial score (nSPS) is 17.7. The Balaban J connectivity index is 2.03. The Morgan fingerprint density at radius 2 is 2.20 bits per heavy atom. The maximum Gasteiger partial charge on any atom is 0.273 e. The molecule has 1 atom stereocenters. The fourth-order valence-electron chi connectivity index (χ4n) is 3.00. The highest BCUT2D eigenvalue weighted by Gasteiger charge is 2.26. The molecule has 0 bridgehead atoms. The summed E-state index contributed by atoms with van der Waals surface area (Å²) >= 11 is 0. The van der Waals surface area contributed by atoms with E-state index in [1.54, 1.807) is 0 Å². The van der Waals surface area contributed by atoms with Gasteiger partial charge in [-0.05, 0) is 25.5 Å². The van der Waals surface area contributed by atoms with Crippen LogP contribution in [0.4, 0.5) is 11.4 Å². The number of nitrogens with two attached hydrogens (primary N) is 1. The van der Waals surface area contributed by atoms with Crippen LogP contribution in [-0.2, 0) is 9.59 Å². The van der Waals surface area contributed by atoms with Gasteiger partial charge in [0.2, 0.25) is 11.8 Å². The first kappa shape index (κ1) is 18.7. The number of methoxy groups -OCH3 is 1. The second-order valence-corrected chi connectivity index (χ2v) is 5.98. The fraction of sp³-hybridized carbons (Fsp3) is 0.500. The van der Waals surface area contributed by atoms with Gasteiger partial charge in [-0.2, -0.15) is 0 Å². The lowest BCUT2D eigenvalue weighted by Crippen LogP contribution is -2.45. The van der Waals surface area contributed by atoms with Gasteiger partial charge >= 0.3 is 0 Å². The summed E-state index contributed by atoms with van der Waals surface area (Å²) in [4.78, 5) is 35.7. The Morgan fingerprint density at radius 1 is 1.44 bits per heavy atom. The molecule has 1 saturated heterocycles. The van der Waals surface area contributed by atoms with E-state index in [1.807, 2.05) is 4.90 Å². The van der Waals surface area contributed by atoms with Crippen LogP contribution < -0.4 is 15.8 Å². The Kier molecular flexibility index (Phi) is 6.29. The second-order valence-electron chi connectivity index (χ2n) is 5.98. The molecule has 1 aliphatic rings. The maximum absolute atomic E-state index is 12.3. The zero-order chi connectivity index (χ0) is 18.4. The van der Waals surface area contributed by atoms with Crippen LogP contribution in [0.15, 0.2) is 18.2 Å². The van der Waals surface area contributed by atoms with Crippen LogP contribution in [0, 0.1) is 10.1 Å². The molecule has 9 nitrogen and oxygen atoms in total. The van der Waals surface area contributed by atoms with Crippen LogP contribution in [0.1, 0.15) is 25.7 Å². The Bertz CT molecular complexity index is 664.